The third-order valence-corrected chi connectivity index (χ3v) is 5.94. The molecule has 1 N–H and O–H groups in total. The van der Waals surface area contributed by atoms with Gasteiger partial charge in [-0.05, 0) is 50.3 Å². The summed E-state index contributed by atoms with van der Waals surface area (Å²) in [5.74, 6) is 1.61. The van der Waals surface area contributed by atoms with Crippen LogP contribution in [0.3, 0.4) is 0 Å². The fourth-order valence-electron chi connectivity index (χ4n) is 4.36. The van der Waals surface area contributed by atoms with Gasteiger partial charge in [0.1, 0.15) is 5.82 Å². The van der Waals surface area contributed by atoms with Crippen LogP contribution in [0.5, 0.6) is 0 Å². The summed E-state index contributed by atoms with van der Waals surface area (Å²) in [6, 6.07) is 6.30. The number of amides is 1. The molecule has 1 aromatic carbocycles. The molecule has 0 bridgehead atoms. The minimum Gasteiger partial charge on any atom is -0.384 e. The lowest BCUT2D eigenvalue weighted by Crippen LogP contribution is -2.52. The number of H-pyrrole nitrogens is 1. The number of methoxy groups -OCH3 is 1. The van der Waals surface area contributed by atoms with Crippen molar-refractivity contribution in [3.63, 3.8) is 0 Å². The summed E-state index contributed by atoms with van der Waals surface area (Å²) in [4.78, 5) is 23.4. The highest BCUT2D eigenvalue weighted by atomic mass is 16.5. The van der Waals surface area contributed by atoms with Crippen molar-refractivity contribution in [2.75, 3.05) is 26.8 Å². The van der Waals surface area contributed by atoms with E-state index in [1.165, 1.54) is 5.56 Å². The second-order valence-electron chi connectivity index (χ2n) is 7.80. The van der Waals surface area contributed by atoms with Crippen molar-refractivity contribution in [2.45, 2.75) is 44.9 Å². The first-order valence-corrected chi connectivity index (χ1v) is 9.36. The zero-order valence-electron chi connectivity index (χ0n) is 15.2. The maximum atomic E-state index is 13.1. The molecule has 1 atom stereocenters. The lowest BCUT2D eigenvalue weighted by atomic mass is 9.68. The van der Waals surface area contributed by atoms with Gasteiger partial charge in [-0.2, -0.15) is 0 Å². The van der Waals surface area contributed by atoms with Crippen molar-refractivity contribution in [1.29, 1.82) is 0 Å². The molecule has 2 aliphatic rings. The van der Waals surface area contributed by atoms with Gasteiger partial charge in [0, 0.05) is 26.1 Å². The molecule has 5 nitrogen and oxygen atoms in total. The summed E-state index contributed by atoms with van der Waals surface area (Å²) in [6.45, 7) is 4.27. The van der Waals surface area contributed by atoms with Crippen molar-refractivity contribution in [1.82, 2.24) is 14.9 Å². The standard InChI is InChI=1S/C20H27N3O2/c1-14-6-7-16-17(11-14)22-18(21-16)15-5-3-10-23(12-15)19(24)20(13-25-2)8-4-9-20/h6-7,11,15H,3-5,8-10,12-13H2,1-2H3,(H,21,22)/t15-/m1/s1. The molecule has 5 heteroatoms. The quantitative estimate of drug-likeness (QED) is 0.927. The van der Waals surface area contributed by atoms with Gasteiger partial charge in [0.15, 0.2) is 0 Å². The second kappa shape index (κ2) is 6.45. The monoisotopic (exact) mass is 341 g/mol. The molecule has 2 aromatic rings. The average molecular weight is 341 g/mol. The molecule has 1 aromatic heterocycles. The highest BCUT2D eigenvalue weighted by molar-refractivity contribution is 5.84. The normalized spacial score (nSPS) is 22.8. The highest BCUT2D eigenvalue weighted by Gasteiger charge is 2.47. The summed E-state index contributed by atoms with van der Waals surface area (Å²) >= 11 is 0. The lowest BCUT2D eigenvalue weighted by Gasteiger charge is -2.44. The first-order chi connectivity index (χ1) is 12.1. The van der Waals surface area contributed by atoms with Crippen LogP contribution in [0.15, 0.2) is 18.2 Å². The fraction of sp³-hybridized carbons (Fsp3) is 0.600. The number of carbonyl (C=O) groups excluding carboxylic acids is 1. The zero-order valence-corrected chi connectivity index (χ0v) is 15.2. The Morgan fingerprint density at radius 1 is 1.40 bits per heavy atom. The minimum absolute atomic E-state index is 0.262. The van der Waals surface area contributed by atoms with Crippen molar-refractivity contribution in [3.05, 3.63) is 29.6 Å². The first-order valence-electron chi connectivity index (χ1n) is 9.36. The van der Waals surface area contributed by atoms with E-state index < -0.39 is 0 Å². The first kappa shape index (κ1) is 16.6. The van der Waals surface area contributed by atoms with Gasteiger partial charge in [-0.15, -0.1) is 0 Å². The lowest BCUT2D eigenvalue weighted by molar-refractivity contribution is -0.153. The highest BCUT2D eigenvalue weighted by Crippen LogP contribution is 2.43. The van der Waals surface area contributed by atoms with Gasteiger partial charge in [-0.1, -0.05) is 12.5 Å². The molecule has 1 aliphatic heterocycles. The number of ether oxygens (including phenoxy) is 1. The van der Waals surface area contributed by atoms with Crippen molar-refractivity contribution in [3.8, 4) is 0 Å². The van der Waals surface area contributed by atoms with Crippen LogP contribution in [-0.2, 0) is 9.53 Å². The van der Waals surface area contributed by atoms with E-state index in [9.17, 15) is 4.79 Å². The number of aromatic nitrogens is 2. The Balaban J connectivity index is 1.53. The Morgan fingerprint density at radius 2 is 2.24 bits per heavy atom. The number of imidazole rings is 1. The van der Waals surface area contributed by atoms with Gasteiger partial charge < -0.3 is 14.6 Å². The Kier molecular flexibility index (Phi) is 4.28. The van der Waals surface area contributed by atoms with Gasteiger partial charge in [-0.25, -0.2) is 4.98 Å². The zero-order chi connectivity index (χ0) is 17.4. The summed E-state index contributed by atoms with van der Waals surface area (Å²) < 4.78 is 5.36. The Labute approximate surface area is 148 Å². The molecule has 25 heavy (non-hydrogen) atoms. The molecule has 1 saturated carbocycles. The van der Waals surface area contributed by atoms with Gasteiger partial charge in [0.2, 0.25) is 5.91 Å². The molecule has 134 valence electrons. The summed E-state index contributed by atoms with van der Waals surface area (Å²) in [5, 5.41) is 0. The maximum absolute atomic E-state index is 13.1. The molecular weight excluding hydrogens is 314 g/mol. The summed E-state index contributed by atoms with van der Waals surface area (Å²) in [7, 11) is 1.70. The van der Waals surface area contributed by atoms with Crippen LogP contribution in [0.4, 0.5) is 0 Å². The molecule has 0 spiro atoms. The average Bonchev–Trinajstić information content (AvgIpc) is 3.01. The van der Waals surface area contributed by atoms with E-state index in [4.69, 9.17) is 9.72 Å². The number of hydrogen-bond acceptors (Lipinski definition) is 3. The summed E-state index contributed by atoms with van der Waals surface area (Å²) in [5.41, 5.74) is 3.07. The topological polar surface area (TPSA) is 58.2 Å². The molecule has 4 rings (SSSR count). The number of aryl methyl sites for hydroxylation is 1. The Hall–Kier alpha value is -1.88. The van der Waals surface area contributed by atoms with E-state index in [-0.39, 0.29) is 11.3 Å². The van der Waals surface area contributed by atoms with Gasteiger partial charge in [0.25, 0.3) is 0 Å². The van der Waals surface area contributed by atoms with Crippen molar-refractivity contribution in [2.24, 2.45) is 5.41 Å². The maximum Gasteiger partial charge on any atom is 0.231 e. The van der Waals surface area contributed by atoms with E-state index in [1.54, 1.807) is 7.11 Å². The van der Waals surface area contributed by atoms with Gasteiger partial charge in [-0.3, -0.25) is 4.79 Å². The van der Waals surface area contributed by atoms with Crippen LogP contribution in [-0.4, -0.2) is 47.6 Å². The molecule has 1 saturated heterocycles. The molecule has 0 radical (unpaired) electrons. The van der Waals surface area contributed by atoms with E-state index >= 15 is 0 Å². The van der Waals surface area contributed by atoms with Gasteiger partial charge >= 0.3 is 0 Å². The van der Waals surface area contributed by atoms with Crippen LogP contribution < -0.4 is 0 Å². The largest absolute Gasteiger partial charge is 0.384 e. The molecule has 2 heterocycles. The van der Waals surface area contributed by atoms with Crippen molar-refractivity contribution >= 4 is 16.9 Å². The SMILES string of the molecule is COCC1(C(=O)N2CCC[C@@H](c3nc4ccc(C)cc4[nH]3)C2)CCC1. The Morgan fingerprint density at radius 3 is 2.96 bits per heavy atom. The number of nitrogens with one attached hydrogen (secondary N) is 1. The third-order valence-electron chi connectivity index (χ3n) is 5.94. The minimum atomic E-state index is -0.262. The molecule has 2 fully saturated rings. The van der Waals surface area contributed by atoms with Crippen molar-refractivity contribution < 1.29 is 9.53 Å². The number of carbonyl (C=O) groups is 1. The summed E-state index contributed by atoms with van der Waals surface area (Å²) in [6.07, 6.45) is 5.18. The van der Waals surface area contributed by atoms with E-state index in [2.05, 4.69) is 35.0 Å². The van der Waals surface area contributed by atoms with E-state index in [0.29, 0.717) is 12.5 Å². The van der Waals surface area contributed by atoms with Crippen LogP contribution in [0.2, 0.25) is 0 Å². The van der Waals surface area contributed by atoms with E-state index in [0.717, 1.165) is 62.1 Å². The van der Waals surface area contributed by atoms with Gasteiger partial charge in [0.05, 0.1) is 23.1 Å². The van der Waals surface area contributed by atoms with Crippen LogP contribution in [0, 0.1) is 12.3 Å². The fourth-order valence-corrected chi connectivity index (χ4v) is 4.36. The number of likely N-dealkylation sites (tertiary alicyclic amines) is 1. The molecule has 1 aliphatic carbocycles. The number of hydrogen-bond donors (Lipinski definition) is 1. The number of rotatable bonds is 4. The smallest absolute Gasteiger partial charge is 0.231 e. The van der Waals surface area contributed by atoms with Crippen LogP contribution in [0.25, 0.3) is 11.0 Å². The van der Waals surface area contributed by atoms with E-state index in [1.807, 2.05) is 0 Å². The predicted octanol–water partition coefficient (Wildman–Crippen LogP) is 3.39. The third kappa shape index (κ3) is 2.95. The molecule has 1 amide bonds. The second-order valence-corrected chi connectivity index (χ2v) is 7.80. The number of aromatic amines is 1. The number of nitrogens with zero attached hydrogens (tertiary/aromatic N) is 2. The molecule has 0 unspecified atom stereocenters. The number of piperidine rings is 1. The number of benzene rings is 1. The molecular formula is C20H27N3O2. The Bertz CT molecular complexity index is 778. The number of fused-ring (bicyclic) bond motifs is 1. The van der Waals surface area contributed by atoms with Crippen LogP contribution >= 0.6 is 0 Å². The predicted molar refractivity (Wildman–Crippen MR) is 97.5 cm³/mol. The van der Waals surface area contributed by atoms with Crippen LogP contribution in [0.1, 0.15) is 49.4 Å².